The van der Waals surface area contributed by atoms with Crippen LogP contribution in [0.4, 0.5) is 5.13 Å². The van der Waals surface area contributed by atoms with Crippen LogP contribution in [0.3, 0.4) is 0 Å². The maximum absolute atomic E-state index is 12.0. The number of nitrogens with zero attached hydrogens (tertiary/aromatic N) is 1. The lowest BCUT2D eigenvalue weighted by molar-refractivity contribution is -0.119. The lowest BCUT2D eigenvalue weighted by Gasteiger charge is -2.09. The summed E-state index contributed by atoms with van der Waals surface area (Å²) in [4.78, 5) is 16.5. The van der Waals surface area contributed by atoms with Crippen molar-refractivity contribution in [3.05, 3.63) is 29.6 Å². The van der Waals surface area contributed by atoms with Gasteiger partial charge in [0.15, 0.2) is 5.13 Å². The van der Waals surface area contributed by atoms with Crippen molar-refractivity contribution in [3.8, 4) is 17.0 Å². The first-order valence-corrected chi connectivity index (χ1v) is 8.66. The first-order chi connectivity index (χ1) is 11.1. The number of anilines is 1. The maximum atomic E-state index is 12.0. The zero-order chi connectivity index (χ0) is 16.7. The Labute approximate surface area is 153 Å². The van der Waals surface area contributed by atoms with E-state index < -0.39 is 0 Å². The largest absolute Gasteiger partial charge is 0.494 e. The van der Waals surface area contributed by atoms with Crippen LogP contribution in [0.2, 0.25) is 0 Å². The quantitative estimate of drug-likeness (QED) is 0.742. The molecule has 0 aliphatic rings. The molecule has 7 heteroatoms. The van der Waals surface area contributed by atoms with Crippen molar-refractivity contribution in [3.63, 3.8) is 0 Å². The molecule has 132 valence electrons. The second-order valence-electron chi connectivity index (χ2n) is 5.36. The van der Waals surface area contributed by atoms with Crippen molar-refractivity contribution in [2.24, 2.45) is 5.92 Å². The number of amides is 1. The summed E-state index contributed by atoms with van der Waals surface area (Å²) < 4.78 is 5.57. The third kappa shape index (κ3) is 5.78. The van der Waals surface area contributed by atoms with Crippen LogP contribution in [0.15, 0.2) is 29.6 Å². The highest BCUT2D eigenvalue weighted by atomic mass is 35.5. The molecule has 0 bridgehead atoms. The van der Waals surface area contributed by atoms with E-state index in [0.717, 1.165) is 30.0 Å². The highest BCUT2D eigenvalue weighted by Crippen LogP contribution is 2.26. The van der Waals surface area contributed by atoms with Gasteiger partial charge in [-0.3, -0.25) is 4.79 Å². The maximum Gasteiger partial charge on any atom is 0.230 e. The highest BCUT2D eigenvalue weighted by Gasteiger charge is 2.14. The monoisotopic (exact) mass is 369 g/mol. The van der Waals surface area contributed by atoms with Gasteiger partial charge in [-0.05, 0) is 37.7 Å². The van der Waals surface area contributed by atoms with Gasteiger partial charge in [-0.25, -0.2) is 4.98 Å². The predicted molar refractivity (Wildman–Crippen MR) is 102 cm³/mol. The average molecular weight is 370 g/mol. The van der Waals surface area contributed by atoms with Crippen molar-refractivity contribution in [1.29, 1.82) is 0 Å². The number of halogens is 1. The van der Waals surface area contributed by atoms with Crippen LogP contribution in [-0.4, -0.2) is 31.1 Å². The Morgan fingerprint density at radius 2 is 2.04 bits per heavy atom. The number of carbonyl (C=O) groups excluding carboxylic acids is 1. The van der Waals surface area contributed by atoms with Crippen LogP contribution in [0, 0.1) is 5.92 Å². The third-order valence-corrected chi connectivity index (χ3v) is 4.07. The SMILES string of the molecule is CCCOc1ccc(-c2csc(NC(=O)C(C)CNC)n2)cc1.Cl. The molecule has 0 saturated heterocycles. The fourth-order valence-electron chi connectivity index (χ4n) is 2.03. The number of nitrogens with one attached hydrogen (secondary N) is 2. The molecule has 0 spiro atoms. The number of benzene rings is 1. The Morgan fingerprint density at radius 3 is 2.67 bits per heavy atom. The smallest absolute Gasteiger partial charge is 0.230 e. The minimum atomic E-state index is -0.0950. The number of aromatic nitrogens is 1. The molecule has 2 N–H and O–H groups in total. The van der Waals surface area contributed by atoms with E-state index in [1.165, 1.54) is 11.3 Å². The van der Waals surface area contributed by atoms with E-state index in [4.69, 9.17) is 4.74 Å². The number of hydrogen-bond acceptors (Lipinski definition) is 5. The lowest BCUT2D eigenvalue weighted by Crippen LogP contribution is -2.28. The fraction of sp³-hybridized carbons (Fsp3) is 0.412. The van der Waals surface area contributed by atoms with Crippen LogP contribution >= 0.6 is 23.7 Å². The van der Waals surface area contributed by atoms with Crippen molar-refractivity contribution < 1.29 is 9.53 Å². The first kappa shape index (κ1) is 20.4. The summed E-state index contributed by atoms with van der Waals surface area (Å²) >= 11 is 1.43. The molecule has 1 aromatic carbocycles. The van der Waals surface area contributed by atoms with Crippen molar-refractivity contribution in [2.75, 3.05) is 25.5 Å². The Morgan fingerprint density at radius 1 is 1.33 bits per heavy atom. The zero-order valence-electron chi connectivity index (χ0n) is 14.2. The minimum absolute atomic E-state index is 0. The Balaban J connectivity index is 0.00000288. The molecule has 0 aliphatic carbocycles. The van der Waals surface area contributed by atoms with Gasteiger partial charge in [-0.15, -0.1) is 23.7 Å². The standard InChI is InChI=1S/C17H23N3O2S.ClH/c1-4-9-22-14-7-5-13(6-8-14)15-11-23-17(19-15)20-16(21)12(2)10-18-3;/h5-8,11-12,18H,4,9-10H2,1-3H3,(H,19,20,21);1H. The molecule has 2 aromatic rings. The van der Waals surface area contributed by atoms with Gasteiger partial charge in [0.1, 0.15) is 5.75 Å². The summed E-state index contributed by atoms with van der Waals surface area (Å²) in [6, 6.07) is 7.85. The van der Waals surface area contributed by atoms with Gasteiger partial charge < -0.3 is 15.4 Å². The zero-order valence-corrected chi connectivity index (χ0v) is 15.8. The molecule has 24 heavy (non-hydrogen) atoms. The van der Waals surface area contributed by atoms with Crippen LogP contribution in [-0.2, 0) is 4.79 Å². The highest BCUT2D eigenvalue weighted by molar-refractivity contribution is 7.14. The summed E-state index contributed by atoms with van der Waals surface area (Å²) in [5.74, 6) is 0.742. The minimum Gasteiger partial charge on any atom is -0.494 e. The molecule has 2 rings (SSSR count). The summed E-state index contributed by atoms with van der Waals surface area (Å²) in [6.07, 6.45) is 0.989. The van der Waals surface area contributed by atoms with Gasteiger partial charge in [0.05, 0.1) is 12.3 Å². The van der Waals surface area contributed by atoms with E-state index in [1.807, 2.05) is 43.6 Å². The van der Waals surface area contributed by atoms with Crippen LogP contribution in [0.25, 0.3) is 11.3 Å². The number of rotatable bonds is 8. The van der Waals surface area contributed by atoms with E-state index in [0.29, 0.717) is 11.7 Å². The van der Waals surface area contributed by atoms with E-state index in [2.05, 4.69) is 22.5 Å². The molecular formula is C17H24ClN3O2S. The Hall–Kier alpha value is -1.63. The Bertz CT molecular complexity index is 631. The average Bonchev–Trinajstić information content (AvgIpc) is 3.02. The molecular weight excluding hydrogens is 346 g/mol. The summed E-state index contributed by atoms with van der Waals surface area (Å²) in [6.45, 7) is 5.33. The molecule has 0 aliphatic heterocycles. The van der Waals surface area contributed by atoms with E-state index in [9.17, 15) is 4.79 Å². The predicted octanol–water partition coefficient (Wildman–Crippen LogP) is 3.81. The lowest BCUT2D eigenvalue weighted by atomic mass is 10.1. The number of ether oxygens (including phenoxy) is 1. The topological polar surface area (TPSA) is 63.2 Å². The van der Waals surface area contributed by atoms with Gasteiger partial charge in [0, 0.05) is 23.4 Å². The number of carbonyl (C=O) groups is 1. The van der Waals surface area contributed by atoms with Gasteiger partial charge in [-0.2, -0.15) is 0 Å². The van der Waals surface area contributed by atoms with Gasteiger partial charge in [0.25, 0.3) is 0 Å². The molecule has 1 heterocycles. The summed E-state index contributed by atoms with van der Waals surface area (Å²) in [5.41, 5.74) is 1.86. The van der Waals surface area contributed by atoms with Crippen LogP contribution < -0.4 is 15.4 Å². The molecule has 1 unspecified atom stereocenters. The molecule has 0 fully saturated rings. The van der Waals surface area contributed by atoms with Crippen molar-refractivity contribution >= 4 is 34.8 Å². The fourth-order valence-corrected chi connectivity index (χ4v) is 2.76. The van der Waals surface area contributed by atoms with Gasteiger partial charge in [0.2, 0.25) is 5.91 Å². The van der Waals surface area contributed by atoms with E-state index in [-0.39, 0.29) is 24.2 Å². The van der Waals surface area contributed by atoms with E-state index >= 15 is 0 Å². The second kappa shape index (κ2) is 10.3. The molecule has 1 atom stereocenters. The van der Waals surface area contributed by atoms with Crippen molar-refractivity contribution in [2.45, 2.75) is 20.3 Å². The van der Waals surface area contributed by atoms with Gasteiger partial charge >= 0.3 is 0 Å². The summed E-state index contributed by atoms with van der Waals surface area (Å²) in [5, 5.41) is 8.42. The third-order valence-electron chi connectivity index (χ3n) is 3.32. The molecule has 0 saturated carbocycles. The van der Waals surface area contributed by atoms with Crippen molar-refractivity contribution in [1.82, 2.24) is 10.3 Å². The van der Waals surface area contributed by atoms with E-state index in [1.54, 1.807) is 0 Å². The molecule has 5 nitrogen and oxygen atoms in total. The molecule has 0 radical (unpaired) electrons. The Kier molecular flexibility index (Phi) is 8.74. The number of thiazole rings is 1. The molecule has 1 amide bonds. The summed E-state index contributed by atoms with van der Waals surface area (Å²) in [7, 11) is 1.83. The van der Waals surface area contributed by atoms with Crippen LogP contribution in [0.1, 0.15) is 20.3 Å². The molecule has 1 aromatic heterocycles. The number of hydrogen-bond donors (Lipinski definition) is 2. The first-order valence-electron chi connectivity index (χ1n) is 7.78. The van der Waals surface area contributed by atoms with Crippen LogP contribution in [0.5, 0.6) is 5.75 Å². The second-order valence-corrected chi connectivity index (χ2v) is 6.22. The normalized spacial score (nSPS) is 11.5. The van der Waals surface area contributed by atoms with Gasteiger partial charge in [-0.1, -0.05) is 13.8 Å².